The first kappa shape index (κ1) is 29.4. The molecule has 0 bridgehead atoms. The smallest absolute Gasteiger partial charge is 0.319 e. The van der Waals surface area contributed by atoms with Gasteiger partial charge in [-0.25, -0.2) is 4.79 Å². The molecule has 1 saturated heterocycles. The molecule has 1 fully saturated rings. The average molecular weight is 567 g/mol. The van der Waals surface area contributed by atoms with Gasteiger partial charge < -0.3 is 30.1 Å². The molecule has 0 saturated carbocycles. The van der Waals surface area contributed by atoms with E-state index >= 15 is 0 Å². The zero-order chi connectivity index (χ0) is 29.1. The summed E-state index contributed by atoms with van der Waals surface area (Å²) in [6.07, 6.45) is 2.63. The molecule has 8 nitrogen and oxygen atoms in total. The summed E-state index contributed by atoms with van der Waals surface area (Å²) in [5, 5.41) is 15.2. The maximum absolute atomic E-state index is 12.4. The van der Waals surface area contributed by atoms with Crippen LogP contribution in [0.2, 0.25) is 0 Å². The number of carbonyl (C=O) groups excluding carboxylic acids is 1. The van der Waals surface area contributed by atoms with Gasteiger partial charge in [0.25, 0.3) is 0 Å². The van der Waals surface area contributed by atoms with Crippen LogP contribution in [0.1, 0.15) is 46.8 Å². The van der Waals surface area contributed by atoms with Crippen molar-refractivity contribution >= 4 is 11.7 Å². The Morgan fingerprint density at radius 3 is 2.36 bits per heavy atom. The Morgan fingerprint density at radius 1 is 0.905 bits per heavy atom. The molecular weight excluding hydrogens is 528 g/mol. The molecule has 218 valence electrons. The number of ether oxygens (including phenoxy) is 2. The van der Waals surface area contributed by atoms with Crippen molar-refractivity contribution in [1.82, 2.24) is 15.2 Å². The summed E-state index contributed by atoms with van der Waals surface area (Å²) in [6.45, 7) is 2.07. The maximum Gasteiger partial charge on any atom is 0.319 e. The molecule has 1 aromatic heterocycles. The van der Waals surface area contributed by atoms with E-state index < -0.39 is 6.29 Å². The first-order valence-electron chi connectivity index (χ1n) is 14.3. The van der Waals surface area contributed by atoms with Crippen molar-refractivity contribution in [2.75, 3.05) is 25.5 Å². The van der Waals surface area contributed by atoms with E-state index in [4.69, 9.17) is 9.47 Å². The van der Waals surface area contributed by atoms with Gasteiger partial charge in [-0.1, -0.05) is 72.8 Å². The monoisotopic (exact) mass is 566 g/mol. The zero-order valence-electron chi connectivity index (χ0n) is 23.9. The predicted octanol–water partition coefficient (Wildman–Crippen LogP) is 5.62. The van der Waals surface area contributed by atoms with Gasteiger partial charge in [-0.3, -0.25) is 4.98 Å². The van der Waals surface area contributed by atoms with E-state index in [0.29, 0.717) is 18.7 Å². The summed E-state index contributed by atoms with van der Waals surface area (Å²) in [4.78, 5) is 19.1. The van der Waals surface area contributed by atoms with Crippen LogP contribution < -0.4 is 10.6 Å². The number of likely N-dealkylation sites (N-methyl/N-ethyl adjacent to an activating group) is 1. The molecule has 3 N–H and O–H groups in total. The Balaban J connectivity index is 1.23. The SMILES string of the molecule is CN(CCc1ccccn1)C[C@H]1C[C@@H](c2ccc(CO)cc2)O[C@@H](c2ccc(NC(=O)NCc3ccccc3)cc2)O1. The largest absolute Gasteiger partial charge is 0.392 e. The quantitative estimate of drug-likeness (QED) is 0.218. The number of hydrogen-bond acceptors (Lipinski definition) is 6. The van der Waals surface area contributed by atoms with E-state index in [2.05, 4.69) is 27.6 Å². The van der Waals surface area contributed by atoms with E-state index in [0.717, 1.165) is 47.5 Å². The second kappa shape index (κ2) is 14.7. The van der Waals surface area contributed by atoms with Crippen LogP contribution >= 0.6 is 0 Å². The van der Waals surface area contributed by atoms with Crippen molar-refractivity contribution in [3.63, 3.8) is 0 Å². The predicted molar refractivity (Wildman–Crippen MR) is 163 cm³/mol. The molecule has 8 heteroatoms. The summed E-state index contributed by atoms with van der Waals surface area (Å²) in [5.74, 6) is 0. The molecular formula is C34H38N4O4. The molecule has 0 aliphatic carbocycles. The van der Waals surface area contributed by atoms with Crippen LogP contribution in [0.3, 0.4) is 0 Å². The summed E-state index contributed by atoms with van der Waals surface area (Å²) in [7, 11) is 2.10. The lowest BCUT2D eigenvalue weighted by molar-refractivity contribution is -0.252. The molecule has 2 amide bonds. The van der Waals surface area contributed by atoms with Gasteiger partial charge in [0, 0.05) is 55.6 Å². The molecule has 4 aromatic rings. The lowest BCUT2D eigenvalue weighted by Gasteiger charge is -2.38. The Labute approximate surface area is 247 Å². The van der Waals surface area contributed by atoms with E-state index in [1.54, 1.807) is 0 Å². The highest BCUT2D eigenvalue weighted by atomic mass is 16.7. The van der Waals surface area contributed by atoms with Crippen LogP contribution in [-0.2, 0) is 29.0 Å². The molecule has 0 unspecified atom stereocenters. The van der Waals surface area contributed by atoms with E-state index in [9.17, 15) is 9.90 Å². The van der Waals surface area contributed by atoms with Crippen molar-refractivity contribution in [1.29, 1.82) is 0 Å². The highest BCUT2D eigenvalue weighted by molar-refractivity contribution is 5.89. The van der Waals surface area contributed by atoms with Gasteiger partial charge in [0.15, 0.2) is 6.29 Å². The van der Waals surface area contributed by atoms with Crippen LogP contribution in [0.5, 0.6) is 0 Å². The molecule has 3 aromatic carbocycles. The van der Waals surface area contributed by atoms with Crippen LogP contribution in [0.25, 0.3) is 0 Å². The summed E-state index contributed by atoms with van der Waals surface area (Å²) in [5.41, 5.74) is 5.58. The molecule has 0 spiro atoms. The molecule has 42 heavy (non-hydrogen) atoms. The number of aliphatic hydroxyl groups is 1. The second-order valence-electron chi connectivity index (χ2n) is 10.6. The summed E-state index contributed by atoms with van der Waals surface area (Å²) >= 11 is 0. The Morgan fingerprint density at radius 2 is 1.64 bits per heavy atom. The third kappa shape index (κ3) is 8.47. The van der Waals surface area contributed by atoms with Crippen LogP contribution in [0, 0.1) is 0 Å². The normalized spacial score (nSPS) is 18.5. The number of anilines is 1. The van der Waals surface area contributed by atoms with Crippen LogP contribution in [0.4, 0.5) is 10.5 Å². The van der Waals surface area contributed by atoms with E-state index in [-0.39, 0.29) is 24.8 Å². The Kier molecular flexibility index (Phi) is 10.3. The first-order chi connectivity index (χ1) is 20.6. The lowest BCUT2D eigenvalue weighted by atomic mass is 9.99. The van der Waals surface area contributed by atoms with Gasteiger partial charge >= 0.3 is 6.03 Å². The van der Waals surface area contributed by atoms with Crippen molar-refractivity contribution in [2.24, 2.45) is 0 Å². The van der Waals surface area contributed by atoms with Crippen LogP contribution in [0.15, 0.2) is 103 Å². The fourth-order valence-corrected chi connectivity index (χ4v) is 5.00. The topological polar surface area (TPSA) is 96.0 Å². The zero-order valence-corrected chi connectivity index (χ0v) is 23.9. The number of benzene rings is 3. The fourth-order valence-electron chi connectivity index (χ4n) is 5.00. The van der Waals surface area contributed by atoms with Crippen LogP contribution in [-0.4, -0.2) is 47.3 Å². The number of amides is 2. The maximum atomic E-state index is 12.4. The van der Waals surface area contributed by atoms with Crippen molar-refractivity contribution in [3.05, 3.63) is 131 Å². The number of rotatable bonds is 11. The van der Waals surface area contributed by atoms with Crippen molar-refractivity contribution in [2.45, 2.75) is 44.5 Å². The van der Waals surface area contributed by atoms with Crippen molar-refractivity contribution < 1.29 is 19.4 Å². The molecule has 5 rings (SSSR count). The third-order valence-electron chi connectivity index (χ3n) is 7.34. The van der Waals surface area contributed by atoms with Gasteiger partial charge in [-0.2, -0.15) is 0 Å². The number of nitrogens with one attached hydrogen (secondary N) is 2. The summed E-state index contributed by atoms with van der Waals surface area (Å²) in [6, 6.07) is 31.0. The number of aromatic nitrogens is 1. The molecule has 3 atom stereocenters. The van der Waals surface area contributed by atoms with Gasteiger partial charge in [-0.05, 0) is 48.0 Å². The van der Waals surface area contributed by atoms with E-state index in [1.165, 1.54) is 0 Å². The van der Waals surface area contributed by atoms with Gasteiger partial charge in [0.2, 0.25) is 0 Å². The number of nitrogens with zero attached hydrogens (tertiary/aromatic N) is 2. The minimum Gasteiger partial charge on any atom is -0.392 e. The standard InChI is InChI=1S/C34H38N4O4/c1-38(20-18-29-9-5-6-19-35-29)23-31-21-32(27-12-10-26(24-39)11-13-27)42-33(41-31)28-14-16-30(17-15-28)37-34(40)36-22-25-7-3-2-4-8-25/h2-17,19,31-33,39H,18,20-24H2,1H3,(H2,36,37,40)/t31-,32+,33+/m1/s1. The number of hydrogen-bond donors (Lipinski definition) is 3. The first-order valence-corrected chi connectivity index (χ1v) is 14.3. The third-order valence-corrected chi connectivity index (χ3v) is 7.34. The van der Waals surface area contributed by atoms with Gasteiger partial charge in [0.1, 0.15) is 0 Å². The minimum absolute atomic E-state index is 0.00585. The Hall–Kier alpha value is -4.08. The fraction of sp³-hybridized carbons (Fsp3) is 0.294. The van der Waals surface area contributed by atoms with Gasteiger partial charge in [-0.15, -0.1) is 0 Å². The lowest BCUT2D eigenvalue weighted by Crippen LogP contribution is -2.38. The molecule has 0 radical (unpaired) electrons. The number of urea groups is 1. The number of pyridine rings is 1. The molecule has 2 heterocycles. The number of aliphatic hydroxyl groups excluding tert-OH is 1. The van der Waals surface area contributed by atoms with Crippen molar-refractivity contribution in [3.8, 4) is 0 Å². The van der Waals surface area contributed by atoms with E-state index in [1.807, 2.05) is 103 Å². The number of carbonyl (C=O) groups is 1. The average Bonchev–Trinajstić information content (AvgIpc) is 3.04. The molecule has 1 aliphatic heterocycles. The minimum atomic E-state index is -0.559. The Bertz CT molecular complexity index is 1380. The second-order valence-corrected chi connectivity index (χ2v) is 10.6. The summed E-state index contributed by atoms with van der Waals surface area (Å²) < 4.78 is 12.9. The highest BCUT2D eigenvalue weighted by Crippen LogP contribution is 2.38. The molecule has 1 aliphatic rings. The van der Waals surface area contributed by atoms with Gasteiger partial charge in [0.05, 0.1) is 18.8 Å². The highest BCUT2D eigenvalue weighted by Gasteiger charge is 2.32.